The lowest BCUT2D eigenvalue weighted by atomic mass is 9.81. The lowest BCUT2D eigenvalue weighted by Gasteiger charge is -2.47. The first-order valence-corrected chi connectivity index (χ1v) is 9.54. The van der Waals surface area contributed by atoms with Gasteiger partial charge in [-0.05, 0) is 43.9 Å². The van der Waals surface area contributed by atoms with Crippen LogP contribution in [0, 0.1) is 5.82 Å². The van der Waals surface area contributed by atoms with Crippen molar-refractivity contribution in [3.05, 3.63) is 41.7 Å². The Bertz CT molecular complexity index is 890. The van der Waals surface area contributed by atoms with E-state index in [4.69, 9.17) is 5.11 Å². The molecule has 3 rings (SSSR count). The zero-order valence-electron chi connectivity index (χ0n) is 13.8. The van der Waals surface area contributed by atoms with Gasteiger partial charge in [-0.1, -0.05) is 18.7 Å². The van der Waals surface area contributed by atoms with Gasteiger partial charge in [-0.3, -0.25) is 10.3 Å². The van der Waals surface area contributed by atoms with Gasteiger partial charge in [-0.2, -0.15) is 0 Å². The fraction of sp³-hybridized carbons (Fsp3) is 0.412. The molecule has 134 valence electrons. The Labute approximate surface area is 145 Å². The molecule has 2 N–H and O–H groups in total. The first kappa shape index (κ1) is 17.6. The van der Waals surface area contributed by atoms with Crippen LogP contribution >= 0.6 is 0 Å². The first-order valence-electron chi connectivity index (χ1n) is 7.89. The molecule has 2 aliphatic rings. The highest BCUT2D eigenvalue weighted by atomic mass is 32.2. The SMILES string of the molecule is C=Cc1ccc(F)c(C2(C)CS(=O)(=O)C3(CCC3)C(NC(=O)O)=N2)c1. The van der Waals surface area contributed by atoms with E-state index in [-0.39, 0.29) is 17.2 Å². The predicted octanol–water partition coefficient (Wildman–Crippen LogP) is 2.70. The van der Waals surface area contributed by atoms with Gasteiger partial charge in [-0.25, -0.2) is 17.6 Å². The van der Waals surface area contributed by atoms with Crippen LogP contribution in [0.1, 0.15) is 37.3 Å². The summed E-state index contributed by atoms with van der Waals surface area (Å²) in [6, 6.07) is 4.26. The van der Waals surface area contributed by atoms with Crippen molar-refractivity contribution in [2.24, 2.45) is 4.99 Å². The van der Waals surface area contributed by atoms with Crippen molar-refractivity contribution in [3.8, 4) is 0 Å². The summed E-state index contributed by atoms with van der Waals surface area (Å²) in [5.74, 6) is -1.07. The molecule has 25 heavy (non-hydrogen) atoms. The summed E-state index contributed by atoms with van der Waals surface area (Å²) in [7, 11) is -3.72. The number of aliphatic imine (C=N–C) groups is 1. The molecule has 1 saturated carbocycles. The van der Waals surface area contributed by atoms with E-state index in [1.54, 1.807) is 0 Å². The van der Waals surface area contributed by atoms with Gasteiger partial charge in [0.15, 0.2) is 9.84 Å². The van der Waals surface area contributed by atoms with Gasteiger partial charge < -0.3 is 5.11 Å². The van der Waals surface area contributed by atoms with Crippen molar-refractivity contribution in [2.45, 2.75) is 36.5 Å². The van der Waals surface area contributed by atoms with E-state index in [2.05, 4.69) is 16.9 Å². The monoisotopic (exact) mass is 366 g/mol. The Hall–Kier alpha value is -2.22. The maximum atomic E-state index is 14.4. The number of amidine groups is 1. The lowest BCUT2D eigenvalue weighted by molar-refractivity contribution is 0.199. The summed E-state index contributed by atoms with van der Waals surface area (Å²) >= 11 is 0. The van der Waals surface area contributed by atoms with Gasteiger partial charge in [0.2, 0.25) is 0 Å². The van der Waals surface area contributed by atoms with Gasteiger partial charge in [0.25, 0.3) is 0 Å². The lowest BCUT2D eigenvalue weighted by Crippen LogP contribution is -2.63. The fourth-order valence-corrected chi connectivity index (χ4v) is 6.08. The summed E-state index contributed by atoms with van der Waals surface area (Å²) < 4.78 is 39.1. The van der Waals surface area contributed by atoms with Gasteiger partial charge in [0.05, 0.1) is 5.75 Å². The van der Waals surface area contributed by atoms with E-state index in [1.165, 1.54) is 31.2 Å². The molecule has 0 radical (unpaired) electrons. The third-order valence-corrected chi connectivity index (χ3v) is 7.78. The zero-order valence-corrected chi connectivity index (χ0v) is 14.6. The van der Waals surface area contributed by atoms with Crippen molar-refractivity contribution < 1.29 is 22.7 Å². The third-order valence-electron chi connectivity index (χ3n) is 5.05. The van der Waals surface area contributed by atoms with Gasteiger partial charge >= 0.3 is 6.09 Å². The van der Waals surface area contributed by atoms with Crippen LogP contribution in [0.3, 0.4) is 0 Å². The highest BCUT2D eigenvalue weighted by Gasteiger charge is 2.59. The number of benzene rings is 1. The molecule has 1 aliphatic heterocycles. The predicted molar refractivity (Wildman–Crippen MR) is 92.8 cm³/mol. The largest absolute Gasteiger partial charge is 0.465 e. The number of amides is 1. The minimum atomic E-state index is -3.72. The minimum Gasteiger partial charge on any atom is -0.465 e. The van der Waals surface area contributed by atoms with Crippen LogP contribution in [0.4, 0.5) is 9.18 Å². The molecule has 1 amide bonds. The van der Waals surface area contributed by atoms with E-state index < -0.39 is 32.0 Å². The number of nitrogens with zero attached hydrogens (tertiary/aromatic N) is 1. The van der Waals surface area contributed by atoms with Crippen LogP contribution in [0.2, 0.25) is 0 Å². The molecule has 1 fully saturated rings. The average molecular weight is 366 g/mol. The van der Waals surface area contributed by atoms with Crippen molar-refractivity contribution >= 4 is 27.8 Å². The summed E-state index contributed by atoms with van der Waals surface area (Å²) in [4.78, 5) is 15.5. The molecule has 8 heteroatoms. The molecule has 1 heterocycles. The molecule has 1 atom stereocenters. The van der Waals surface area contributed by atoms with Gasteiger partial charge in [-0.15, -0.1) is 0 Å². The number of nitrogens with one attached hydrogen (secondary N) is 1. The van der Waals surface area contributed by atoms with Gasteiger partial charge in [0, 0.05) is 5.56 Å². The second-order valence-corrected chi connectivity index (χ2v) is 9.01. The van der Waals surface area contributed by atoms with Crippen molar-refractivity contribution in [2.75, 3.05) is 5.75 Å². The molecule has 1 unspecified atom stereocenters. The maximum Gasteiger partial charge on any atom is 0.410 e. The zero-order chi connectivity index (χ0) is 18.5. The van der Waals surface area contributed by atoms with Crippen LogP contribution < -0.4 is 5.32 Å². The highest BCUT2D eigenvalue weighted by molar-refractivity contribution is 7.93. The van der Waals surface area contributed by atoms with Crippen LogP contribution in [0.15, 0.2) is 29.8 Å². The molecule has 1 spiro atoms. The van der Waals surface area contributed by atoms with E-state index in [0.717, 1.165) is 0 Å². The normalized spacial score (nSPS) is 26.4. The standard InChI is InChI=1S/C17H19FN2O4S/c1-3-11-5-6-13(18)12(9-11)16(2)10-25(23,24)17(7-4-8-17)14(20-16)19-15(21)22/h3,5-6,9H,1,4,7-8,10H2,2H3,(H,19,20)(H,21,22). The molecule has 0 bridgehead atoms. The molecule has 1 aromatic carbocycles. The third kappa shape index (κ3) is 2.64. The fourth-order valence-electron chi connectivity index (χ4n) is 3.55. The van der Waals surface area contributed by atoms with Crippen molar-refractivity contribution in [1.29, 1.82) is 0 Å². The molecule has 0 saturated heterocycles. The van der Waals surface area contributed by atoms with Crippen LogP contribution in [-0.2, 0) is 15.4 Å². The quantitative estimate of drug-likeness (QED) is 0.841. The van der Waals surface area contributed by atoms with E-state index in [1.807, 2.05) is 0 Å². The van der Waals surface area contributed by atoms with Crippen molar-refractivity contribution in [1.82, 2.24) is 5.32 Å². The molecule has 0 aromatic heterocycles. The molecular weight excluding hydrogens is 347 g/mol. The second kappa shape index (κ2) is 5.66. The summed E-state index contributed by atoms with van der Waals surface area (Å²) in [6.07, 6.45) is 1.46. The highest BCUT2D eigenvalue weighted by Crippen LogP contribution is 2.47. The van der Waals surface area contributed by atoms with E-state index in [0.29, 0.717) is 24.8 Å². The summed E-state index contributed by atoms with van der Waals surface area (Å²) in [6.45, 7) is 5.14. The van der Waals surface area contributed by atoms with E-state index in [9.17, 15) is 17.6 Å². The van der Waals surface area contributed by atoms with Crippen LogP contribution in [0.25, 0.3) is 6.08 Å². The number of carboxylic acid groups (broad SMARTS) is 1. The Morgan fingerprint density at radius 2 is 2.12 bits per heavy atom. The molecule has 1 aliphatic carbocycles. The Kier molecular flexibility index (Phi) is 3.98. The van der Waals surface area contributed by atoms with Crippen LogP contribution in [0.5, 0.6) is 0 Å². The topological polar surface area (TPSA) is 95.8 Å². The number of hydrogen-bond donors (Lipinski definition) is 2. The molecule has 6 nitrogen and oxygen atoms in total. The number of halogens is 1. The van der Waals surface area contributed by atoms with Crippen molar-refractivity contribution in [3.63, 3.8) is 0 Å². The summed E-state index contributed by atoms with van der Waals surface area (Å²) in [5, 5.41) is 11.2. The number of rotatable bonds is 2. The minimum absolute atomic E-state index is 0.104. The smallest absolute Gasteiger partial charge is 0.410 e. The Morgan fingerprint density at radius 3 is 2.64 bits per heavy atom. The van der Waals surface area contributed by atoms with Gasteiger partial charge in [0.1, 0.15) is 21.9 Å². The molecular formula is C17H19FN2O4S. The number of hydrogen-bond acceptors (Lipinski definition) is 4. The first-order chi connectivity index (χ1) is 11.6. The van der Waals surface area contributed by atoms with Crippen LogP contribution in [-0.4, -0.2) is 36.0 Å². The van der Waals surface area contributed by atoms with E-state index >= 15 is 0 Å². The average Bonchev–Trinajstić information content (AvgIpc) is 2.43. The second-order valence-electron chi connectivity index (χ2n) is 6.71. The number of sulfone groups is 1. The Balaban J connectivity index is 2.21. The number of carbonyl (C=O) groups is 1. The summed E-state index contributed by atoms with van der Waals surface area (Å²) in [5.41, 5.74) is -0.685. The molecule has 1 aromatic rings. The Morgan fingerprint density at radius 1 is 1.44 bits per heavy atom. The maximum absolute atomic E-state index is 14.4.